The zero-order valence-corrected chi connectivity index (χ0v) is 19.3. The number of hydrogen-bond acceptors (Lipinski definition) is 7. The van der Waals surface area contributed by atoms with Gasteiger partial charge in [0, 0.05) is 11.1 Å². The average Bonchev–Trinajstić information content (AvgIpc) is 2.74. The quantitative estimate of drug-likeness (QED) is 0.405. The van der Waals surface area contributed by atoms with Gasteiger partial charge in [0.05, 0.1) is 13.2 Å². The number of ether oxygens (including phenoxy) is 1. The standard InChI is InChI=1S/C25H31NO6/c1-15(23(29)32-6)26-20(16-7-11-18(12-8-16)21(27)24(2,3)30)17-9-13-19(14-10-17)22(28)25(4,5)31/h7-15,20,26,30-31H,1-6H3. The predicted octanol–water partition coefficient (Wildman–Crippen LogP) is 2.83. The lowest BCUT2D eigenvalue weighted by molar-refractivity contribution is -0.142. The molecular weight excluding hydrogens is 410 g/mol. The Hall–Kier alpha value is -2.87. The Bertz CT molecular complexity index is 896. The molecular formula is C25H31NO6. The summed E-state index contributed by atoms with van der Waals surface area (Å²) < 4.78 is 4.81. The first-order chi connectivity index (χ1) is 14.8. The monoisotopic (exact) mass is 441 g/mol. The van der Waals surface area contributed by atoms with Crippen LogP contribution in [-0.2, 0) is 9.53 Å². The van der Waals surface area contributed by atoms with Crippen LogP contribution < -0.4 is 5.32 Å². The van der Waals surface area contributed by atoms with E-state index in [1.807, 2.05) is 0 Å². The van der Waals surface area contributed by atoms with Gasteiger partial charge in [0.15, 0.2) is 11.6 Å². The van der Waals surface area contributed by atoms with Gasteiger partial charge >= 0.3 is 5.97 Å². The number of esters is 1. The number of rotatable bonds is 9. The molecule has 1 unspecified atom stereocenters. The number of methoxy groups -OCH3 is 1. The van der Waals surface area contributed by atoms with Gasteiger partial charge in [-0.25, -0.2) is 0 Å². The van der Waals surface area contributed by atoms with Crippen LogP contribution in [0, 0.1) is 0 Å². The molecule has 172 valence electrons. The van der Waals surface area contributed by atoms with Gasteiger partial charge in [0.2, 0.25) is 0 Å². The Morgan fingerprint density at radius 1 is 0.781 bits per heavy atom. The van der Waals surface area contributed by atoms with Gasteiger partial charge in [-0.2, -0.15) is 0 Å². The largest absolute Gasteiger partial charge is 0.468 e. The molecule has 7 nitrogen and oxygen atoms in total. The van der Waals surface area contributed by atoms with Crippen LogP contribution in [0.1, 0.15) is 72.5 Å². The van der Waals surface area contributed by atoms with Crippen molar-refractivity contribution in [1.82, 2.24) is 5.32 Å². The SMILES string of the molecule is COC(=O)C(C)NC(c1ccc(C(=O)C(C)(C)O)cc1)c1ccc(C(=O)C(C)(C)O)cc1. The number of hydrogen-bond donors (Lipinski definition) is 3. The Kier molecular flexibility index (Phi) is 7.72. The maximum absolute atomic E-state index is 12.3. The highest BCUT2D eigenvalue weighted by Crippen LogP contribution is 2.26. The summed E-state index contributed by atoms with van der Waals surface area (Å²) in [6.45, 7) is 7.41. The third-order valence-corrected chi connectivity index (χ3v) is 5.10. The number of aliphatic hydroxyl groups is 2. The summed E-state index contributed by atoms with van der Waals surface area (Å²) in [6, 6.07) is 12.4. The Balaban J connectivity index is 2.42. The van der Waals surface area contributed by atoms with E-state index in [1.165, 1.54) is 34.8 Å². The lowest BCUT2D eigenvalue weighted by Gasteiger charge is -2.24. The van der Waals surface area contributed by atoms with Crippen LogP contribution in [0.4, 0.5) is 0 Å². The molecule has 0 spiro atoms. The first-order valence-corrected chi connectivity index (χ1v) is 10.3. The lowest BCUT2D eigenvalue weighted by Crippen LogP contribution is -2.38. The smallest absolute Gasteiger partial charge is 0.322 e. The fourth-order valence-electron chi connectivity index (χ4n) is 3.24. The summed E-state index contributed by atoms with van der Waals surface area (Å²) >= 11 is 0. The van der Waals surface area contributed by atoms with Gasteiger partial charge in [0.25, 0.3) is 0 Å². The van der Waals surface area contributed by atoms with E-state index in [1.54, 1.807) is 55.5 Å². The molecule has 2 aromatic rings. The molecule has 3 N–H and O–H groups in total. The van der Waals surface area contributed by atoms with Crippen LogP contribution in [0.25, 0.3) is 0 Å². The second-order valence-corrected chi connectivity index (χ2v) is 8.86. The van der Waals surface area contributed by atoms with Crippen molar-refractivity contribution in [1.29, 1.82) is 0 Å². The van der Waals surface area contributed by atoms with E-state index in [0.717, 1.165) is 11.1 Å². The first-order valence-electron chi connectivity index (χ1n) is 10.3. The lowest BCUT2D eigenvalue weighted by atomic mass is 9.91. The van der Waals surface area contributed by atoms with Crippen molar-refractivity contribution in [2.75, 3.05) is 7.11 Å². The van der Waals surface area contributed by atoms with E-state index in [4.69, 9.17) is 4.74 Å². The molecule has 0 saturated carbocycles. The number of ketones is 2. The number of carbonyl (C=O) groups is 3. The molecule has 7 heteroatoms. The molecule has 0 aliphatic rings. The van der Waals surface area contributed by atoms with Crippen LogP contribution >= 0.6 is 0 Å². The van der Waals surface area contributed by atoms with Crippen LogP contribution in [0.15, 0.2) is 48.5 Å². The molecule has 2 aromatic carbocycles. The molecule has 0 aliphatic carbocycles. The van der Waals surface area contributed by atoms with Crippen LogP contribution in [-0.4, -0.2) is 52.1 Å². The van der Waals surface area contributed by atoms with Gasteiger partial charge in [0.1, 0.15) is 17.2 Å². The van der Waals surface area contributed by atoms with Crippen LogP contribution in [0.3, 0.4) is 0 Å². The topological polar surface area (TPSA) is 113 Å². The summed E-state index contributed by atoms with van der Waals surface area (Å²) in [7, 11) is 1.31. The van der Waals surface area contributed by atoms with Gasteiger partial charge in [-0.1, -0.05) is 48.5 Å². The van der Waals surface area contributed by atoms with Gasteiger partial charge < -0.3 is 14.9 Å². The molecule has 0 saturated heterocycles. The number of benzene rings is 2. The second-order valence-electron chi connectivity index (χ2n) is 8.86. The van der Waals surface area contributed by atoms with E-state index < -0.39 is 40.8 Å². The highest BCUT2D eigenvalue weighted by molar-refractivity contribution is 6.02. The third kappa shape index (κ3) is 6.09. The molecule has 0 fully saturated rings. The molecule has 0 aromatic heterocycles. The maximum Gasteiger partial charge on any atom is 0.322 e. The van der Waals surface area contributed by atoms with Crippen molar-refractivity contribution in [3.05, 3.63) is 70.8 Å². The third-order valence-electron chi connectivity index (χ3n) is 5.10. The number of nitrogens with one attached hydrogen (secondary N) is 1. The Morgan fingerprint density at radius 3 is 1.41 bits per heavy atom. The minimum atomic E-state index is -1.48. The molecule has 0 heterocycles. The van der Waals surface area contributed by atoms with E-state index in [0.29, 0.717) is 11.1 Å². The van der Waals surface area contributed by atoms with Crippen molar-refractivity contribution in [2.24, 2.45) is 0 Å². The predicted molar refractivity (Wildman–Crippen MR) is 121 cm³/mol. The van der Waals surface area contributed by atoms with E-state index in [9.17, 15) is 24.6 Å². The summed E-state index contributed by atoms with van der Waals surface area (Å²) in [5.74, 6) is -1.23. The summed E-state index contributed by atoms with van der Waals surface area (Å²) in [6.07, 6.45) is 0. The zero-order valence-electron chi connectivity index (χ0n) is 19.3. The van der Waals surface area contributed by atoms with E-state index in [2.05, 4.69) is 5.32 Å². The molecule has 0 radical (unpaired) electrons. The van der Waals surface area contributed by atoms with Gasteiger partial charge in [-0.05, 0) is 45.7 Å². The Morgan fingerprint density at radius 2 is 1.12 bits per heavy atom. The second kappa shape index (κ2) is 9.73. The number of Topliss-reactive ketones (excluding diaryl/α,β-unsaturated/α-hetero) is 2. The van der Waals surface area contributed by atoms with Gasteiger partial charge in [-0.3, -0.25) is 19.7 Å². The minimum absolute atomic E-state index is 0.368. The molecule has 0 amide bonds. The molecule has 32 heavy (non-hydrogen) atoms. The highest BCUT2D eigenvalue weighted by Gasteiger charge is 2.27. The molecule has 0 bridgehead atoms. The van der Waals surface area contributed by atoms with Crippen LogP contribution in [0.5, 0.6) is 0 Å². The normalized spacial score (nSPS) is 13.0. The fraction of sp³-hybridized carbons (Fsp3) is 0.400. The molecule has 2 rings (SSSR count). The fourth-order valence-corrected chi connectivity index (χ4v) is 3.24. The molecule has 0 aliphatic heterocycles. The Labute approximate surface area is 188 Å². The van der Waals surface area contributed by atoms with Crippen molar-refractivity contribution < 1.29 is 29.3 Å². The first kappa shape index (κ1) is 25.4. The van der Waals surface area contributed by atoms with Crippen LogP contribution in [0.2, 0.25) is 0 Å². The zero-order chi connectivity index (χ0) is 24.3. The van der Waals surface area contributed by atoms with Crippen molar-refractivity contribution in [2.45, 2.75) is 57.9 Å². The van der Waals surface area contributed by atoms with Crippen molar-refractivity contribution >= 4 is 17.5 Å². The number of carbonyl (C=O) groups excluding carboxylic acids is 3. The van der Waals surface area contributed by atoms with E-state index in [-0.39, 0.29) is 0 Å². The summed E-state index contributed by atoms with van der Waals surface area (Å²) in [5, 5.41) is 23.2. The van der Waals surface area contributed by atoms with Gasteiger partial charge in [-0.15, -0.1) is 0 Å². The average molecular weight is 442 g/mol. The van der Waals surface area contributed by atoms with E-state index >= 15 is 0 Å². The van der Waals surface area contributed by atoms with Crippen molar-refractivity contribution in [3.8, 4) is 0 Å². The minimum Gasteiger partial charge on any atom is -0.468 e. The van der Waals surface area contributed by atoms with Crippen molar-refractivity contribution in [3.63, 3.8) is 0 Å². The highest BCUT2D eigenvalue weighted by atomic mass is 16.5. The summed E-state index contributed by atoms with van der Waals surface area (Å²) in [5.41, 5.74) is -0.688. The summed E-state index contributed by atoms with van der Waals surface area (Å²) in [4.78, 5) is 36.6. The maximum atomic E-state index is 12.3. The molecule has 1 atom stereocenters.